The first kappa shape index (κ1) is 31.5. The van der Waals surface area contributed by atoms with Gasteiger partial charge in [-0.25, -0.2) is 32.6 Å². The molecule has 0 amide bonds. The Bertz CT molecular complexity index is 1300. The van der Waals surface area contributed by atoms with Gasteiger partial charge >= 0.3 is 14.5 Å². The largest absolute Gasteiger partial charge is 0.481 e. The van der Waals surface area contributed by atoms with Crippen molar-refractivity contribution in [3.05, 3.63) is 12.7 Å². The smallest absolute Gasteiger partial charge is 0.393 e. The summed E-state index contributed by atoms with van der Waals surface area (Å²) in [6.07, 6.45) is -17.6. The van der Waals surface area contributed by atoms with Crippen LogP contribution in [0.5, 0.6) is 0 Å². The number of fused-ring (bicyclic) bond motifs is 1. The molecule has 0 spiro atoms. The van der Waals surface area contributed by atoms with E-state index in [0.717, 1.165) is 6.33 Å². The van der Waals surface area contributed by atoms with Crippen LogP contribution in [-0.2, 0) is 39.2 Å². The van der Waals surface area contributed by atoms with E-state index in [0.29, 0.717) is 0 Å². The van der Waals surface area contributed by atoms with E-state index in [1.54, 1.807) is 0 Å². The Kier molecular flexibility index (Phi) is 9.52. The molecule has 4 rings (SSSR count). The highest BCUT2D eigenvalue weighted by molar-refractivity contribution is 8.08. The monoisotopic (exact) mass is 639 g/mol. The minimum absolute atomic E-state index is 0.0203. The molecule has 2 aliphatic heterocycles. The molecule has 2 aliphatic rings. The van der Waals surface area contributed by atoms with Gasteiger partial charge in [-0.3, -0.25) is 9.09 Å². The van der Waals surface area contributed by atoms with E-state index < -0.39 is 89.2 Å². The highest BCUT2D eigenvalue weighted by atomic mass is 32.5. The molecule has 0 aliphatic carbocycles. The molecule has 0 radical (unpaired) electrons. The Morgan fingerprint density at radius 3 is 2.50 bits per heavy atom. The molecule has 0 saturated carbocycles. The minimum atomic E-state index is -5.52. The van der Waals surface area contributed by atoms with E-state index in [4.69, 9.17) is 24.8 Å². The standard InChI is InChI=1S/C17H25F2N5O13P2S/c18-5(1-25)13-11(28)10(27)12(29)17(35-13)36-38(30,31)37-39(32,40)33-2-6-7(19)9(26)16(34-6)24-4-23-8-14(20)21-3-22-15(8)24/h3-7,9-13,16-17,25-29H,1-2H2,(H,30,31)(H,32,40)(H2,20,21,22)/t5-,6+,7-,9?,10-,11-,12?,13?,16+,17-,39?/m0/s1. The molecule has 0 aromatic carbocycles. The maximum absolute atomic E-state index is 14.8. The molecule has 2 fully saturated rings. The summed E-state index contributed by atoms with van der Waals surface area (Å²) in [5, 5.41) is 49.0. The molecule has 23 heteroatoms. The number of hydrogen-bond acceptors (Lipinski definition) is 16. The van der Waals surface area contributed by atoms with Crippen LogP contribution in [0.2, 0.25) is 0 Å². The van der Waals surface area contributed by atoms with Crippen LogP contribution < -0.4 is 5.73 Å². The van der Waals surface area contributed by atoms with Crippen LogP contribution in [0.4, 0.5) is 14.6 Å². The second-order valence-corrected chi connectivity index (χ2v) is 13.0. The summed E-state index contributed by atoms with van der Waals surface area (Å²) < 4.78 is 66.4. The van der Waals surface area contributed by atoms with Gasteiger partial charge < -0.3 is 55.1 Å². The number of ether oxygens (including phenoxy) is 2. The maximum Gasteiger partial charge on any atom is 0.481 e. The van der Waals surface area contributed by atoms with Crippen LogP contribution in [0.25, 0.3) is 11.2 Å². The third-order valence-corrected chi connectivity index (χ3v) is 9.45. The fraction of sp³-hybridized carbons (Fsp3) is 0.706. The van der Waals surface area contributed by atoms with Crippen LogP contribution in [0.1, 0.15) is 6.23 Å². The summed E-state index contributed by atoms with van der Waals surface area (Å²) in [4.78, 5) is 32.0. The molecule has 2 saturated heterocycles. The number of imidazole rings is 1. The van der Waals surface area contributed by atoms with Crippen molar-refractivity contribution in [2.75, 3.05) is 18.9 Å². The summed E-state index contributed by atoms with van der Waals surface area (Å²) in [6.45, 7) is -6.82. The highest BCUT2D eigenvalue weighted by Gasteiger charge is 2.51. The zero-order chi connectivity index (χ0) is 29.6. The molecule has 40 heavy (non-hydrogen) atoms. The lowest BCUT2D eigenvalue weighted by atomic mass is 9.96. The highest BCUT2D eigenvalue weighted by Crippen LogP contribution is 2.61. The molecule has 18 nitrogen and oxygen atoms in total. The quantitative estimate of drug-likeness (QED) is 0.125. The second kappa shape index (κ2) is 12.1. The molecule has 4 heterocycles. The molecule has 2 aromatic rings. The number of phosphoric acid groups is 1. The minimum Gasteiger partial charge on any atom is -0.393 e. The molecule has 9 N–H and O–H groups in total. The van der Waals surface area contributed by atoms with E-state index in [-0.39, 0.29) is 17.0 Å². The number of rotatable bonds is 10. The third kappa shape index (κ3) is 6.48. The molecular formula is C17H25F2N5O13P2S. The van der Waals surface area contributed by atoms with Crippen molar-refractivity contribution >= 4 is 43.3 Å². The number of aromatic nitrogens is 4. The molecule has 2 aromatic heterocycles. The van der Waals surface area contributed by atoms with E-state index in [2.05, 4.69) is 35.6 Å². The topological polar surface area (TPSA) is 274 Å². The van der Waals surface area contributed by atoms with E-state index in [9.17, 15) is 43.6 Å². The fourth-order valence-corrected chi connectivity index (χ4v) is 7.06. The van der Waals surface area contributed by atoms with Crippen molar-refractivity contribution in [3.8, 4) is 0 Å². The first-order chi connectivity index (χ1) is 18.7. The van der Waals surface area contributed by atoms with Gasteiger partial charge in [0.05, 0.1) is 19.5 Å². The Hall–Kier alpha value is -1.39. The predicted octanol–water partition coefficient (Wildman–Crippen LogP) is -2.49. The molecular weight excluding hydrogens is 614 g/mol. The lowest BCUT2D eigenvalue weighted by molar-refractivity contribution is -0.287. The summed E-state index contributed by atoms with van der Waals surface area (Å²) in [7, 11) is -5.52. The van der Waals surface area contributed by atoms with Gasteiger partial charge in [-0.2, -0.15) is 0 Å². The zero-order valence-electron chi connectivity index (χ0n) is 19.8. The Morgan fingerprint density at radius 2 is 1.82 bits per heavy atom. The zero-order valence-corrected chi connectivity index (χ0v) is 22.5. The van der Waals surface area contributed by atoms with Gasteiger partial charge in [-0.15, -0.1) is 0 Å². The third-order valence-electron chi connectivity index (χ3n) is 5.93. The van der Waals surface area contributed by atoms with Crippen LogP contribution in [-0.4, -0.2) is 123 Å². The van der Waals surface area contributed by atoms with Gasteiger partial charge in [0.2, 0.25) is 0 Å². The van der Waals surface area contributed by atoms with Crippen LogP contribution in [0.15, 0.2) is 12.7 Å². The first-order valence-electron chi connectivity index (χ1n) is 11.2. The predicted molar refractivity (Wildman–Crippen MR) is 128 cm³/mol. The average molecular weight is 639 g/mol. The van der Waals surface area contributed by atoms with Crippen molar-refractivity contribution < 1.29 is 71.5 Å². The Labute approximate surface area is 227 Å². The molecule has 226 valence electrons. The summed E-state index contributed by atoms with van der Waals surface area (Å²) in [5.41, 5.74) is 5.98. The fourth-order valence-electron chi connectivity index (χ4n) is 3.97. The van der Waals surface area contributed by atoms with Crippen molar-refractivity contribution in [3.63, 3.8) is 0 Å². The van der Waals surface area contributed by atoms with Gasteiger partial charge in [0.15, 0.2) is 36.3 Å². The number of hydrogen-bond donors (Lipinski definition) is 8. The van der Waals surface area contributed by atoms with Crippen molar-refractivity contribution in [1.29, 1.82) is 0 Å². The van der Waals surface area contributed by atoms with Gasteiger partial charge in [0.25, 0.3) is 0 Å². The molecule has 12 atom stereocenters. The first-order valence-corrected chi connectivity index (χ1v) is 15.3. The Morgan fingerprint density at radius 1 is 1.12 bits per heavy atom. The molecule has 0 bridgehead atoms. The van der Waals surface area contributed by atoms with Crippen LogP contribution >= 0.6 is 14.5 Å². The Balaban J connectivity index is 1.38. The van der Waals surface area contributed by atoms with Gasteiger partial charge in [-0.05, 0) is 11.8 Å². The van der Waals surface area contributed by atoms with Gasteiger partial charge in [-0.1, -0.05) is 0 Å². The maximum atomic E-state index is 14.8. The number of phosphoric ester groups is 1. The lowest BCUT2D eigenvalue weighted by Crippen LogP contribution is -2.60. The number of aliphatic hydroxyl groups excluding tert-OH is 5. The number of nitrogen functional groups attached to an aromatic ring is 1. The van der Waals surface area contributed by atoms with Gasteiger partial charge in [0, 0.05) is 0 Å². The van der Waals surface area contributed by atoms with E-state index >= 15 is 0 Å². The van der Waals surface area contributed by atoms with E-state index in [1.807, 2.05) is 0 Å². The normalized spacial score (nSPS) is 36.8. The SMILES string of the molecule is Nc1ncnc2c1ncn2[C@@H]1O[C@H](COP(O)(=S)OP(=O)(O)O[C@@H]2OC([C@@H](F)CO)[C@@H](O)[C@H](O)C2O)[C@H](F)C1O. The summed E-state index contributed by atoms with van der Waals surface area (Å²) >= 11 is 4.64. The number of alkyl halides is 2. The number of nitrogens with zero attached hydrogens (tertiary/aromatic N) is 4. The number of halogens is 2. The number of nitrogens with two attached hydrogens (primary N) is 1. The summed E-state index contributed by atoms with van der Waals surface area (Å²) in [6, 6.07) is 0. The number of anilines is 1. The number of aliphatic hydroxyl groups is 5. The van der Waals surface area contributed by atoms with Crippen LogP contribution in [0.3, 0.4) is 0 Å². The second-order valence-electron chi connectivity index (χ2n) is 8.64. The summed E-state index contributed by atoms with van der Waals surface area (Å²) in [5.74, 6) is 0.0203. The van der Waals surface area contributed by atoms with Crippen LogP contribution in [0, 0.1) is 0 Å². The van der Waals surface area contributed by atoms with Gasteiger partial charge in [0.1, 0.15) is 48.5 Å². The van der Waals surface area contributed by atoms with E-state index in [1.165, 1.54) is 10.9 Å². The van der Waals surface area contributed by atoms with Crippen molar-refractivity contribution in [2.45, 2.75) is 61.5 Å². The van der Waals surface area contributed by atoms with Crippen molar-refractivity contribution in [2.24, 2.45) is 0 Å². The molecule has 5 unspecified atom stereocenters. The van der Waals surface area contributed by atoms with Crippen molar-refractivity contribution in [1.82, 2.24) is 19.5 Å². The lowest BCUT2D eigenvalue weighted by Gasteiger charge is -2.41. The average Bonchev–Trinajstić information content (AvgIpc) is 3.43.